The van der Waals surface area contributed by atoms with E-state index in [-0.39, 0.29) is 11.3 Å². The van der Waals surface area contributed by atoms with Crippen molar-refractivity contribution in [3.63, 3.8) is 0 Å². The Morgan fingerprint density at radius 1 is 1.11 bits per heavy atom. The van der Waals surface area contributed by atoms with Gasteiger partial charge in [0.05, 0.1) is 17.5 Å². The Labute approximate surface area is 225 Å². The minimum Gasteiger partial charge on any atom is -0.494 e. The Kier molecular flexibility index (Phi) is 9.56. The van der Waals surface area contributed by atoms with Crippen molar-refractivity contribution < 1.29 is 27.9 Å². The fraction of sp³-hybridized carbons (Fsp3) is 0.500. The summed E-state index contributed by atoms with van der Waals surface area (Å²) in [7, 11) is -0.484. The Morgan fingerprint density at radius 3 is 2.26 bits per heavy atom. The molecule has 2 N–H and O–H groups in total. The van der Waals surface area contributed by atoms with Crippen molar-refractivity contribution in [1.29, 1.82) is 0 Å². The molecule has 1 fully saturated rings. The van der Waals surface area contributed by atoms with Gasteiger partial charge in [-0.3, -0.25) is 4.79 Å². The first kappa shape index (κ1) is 29.6. The van der Waals surface area contributed by atoms with E-state index in [0.29, 0.717) is 35.2 Å². The van der Waals surface area contributed by atoms with Gasteiger partial charge in [-0.1, -0.05) is 43.7 Å². The van der Waals surface area contributed by atoms with Gasteiger partial charge in [-0.25, -0.2) is 17.5 Å². The highest BCUT2D eigenvalue weighted by atomic mass is 32.2. The largest absolute Gasteiger partial charge is 0.494 e. The highest BCUT2D eigenvalue weighted by Gasteiger charge is 2.48. The van der Waals surface area contributed by atoms with Crippen LogP contribution in [0.3, 0.4) is 0 Å². The lowest BCUT2D eigenvalue weighted by Gasteiger charge is -2.34. The van der Waals surface area contributed by atoms with Crippen molar-refractivity contribution in [2.75, 3.05) is 33.8 Å². The van der Waals surface area contributed by atoms with Crippen molar-refractivity contribution in [2.45, 2.75) is 57.0 Å². The molecule has 3 rings (SSSR count). The topological polar surface area (TPSA) is 116 Å². The van der Waals surface area contributed by atoms with Gasteiger partial charge >= 0.3 is 5.97 Å². The number of sulfonamides is 1. The molecule has 1 heterocycles. The number of nitrogens with one attached hydrogen (secondary N) is 1. The predicted octanol–water partition coefficient (Wildman–Crippen LogP) is 2.93. The zero-order valence-corrected chi connectivity index (χ0v) is 23.6. The van der Waals surface area contributed by atoms with Crippen LogP contribution in [0, 0.1) is 12.3 Å². The Balaban J connectivity index is 1.92. The molecule has 1 aliphatic rings. The monoisotopic (exact) mass is 545 g/mol. The van der Waals surface area contributed by atoms with E-state index in [9.17, 15) is 23.1 Å². The summed E-state index contributed by atoms with van der Waals surface area (Å²) < 4.78 is 34.0. The first-order valence-corrected chi connectivity index (χ1v) is 14.2. The smallest absolute Gasteiger partial charge is 0.328 e. The normalized spacial score (nSPS) is 17.8. The van der Waals surface area contributed by atoms with Crippen LogP contribution in [0.5, 0.6) is 5.75 Å². The lowest BCUT2D eigenvalue weighted by atomic mass is 9.84. The molecule has 2 atom stereocenters. The van der Waals surface area contributed by atoms with Gasteiger partial charge in [0.1, 0.15) is 11.8 Å². The molecule has 0 unspecified atom stereocenters. The van der Waals surface area contributed by atoms with Gasteiger partial charge in [0.25, 0.3) is 15.9 Å². The number of benzene rings is 2. The van der Waals surface area contributed by atoms with Crippen LogP contribution in [0.2, 0.25) is 0 Å². The molecule has 0 aromatic heterocycles. The number of amides is 1. The average molecular weight is 546 g/mol. The summed E-state index contributed by atoms with van der Waals surface area (Å²) in [4.78, 5) is 28.3. The molecular formula is C28H39N3O6S. The van der Waals surface area contributed by atoms with Crippen LogP contribution in [0.15, 0.2) is 53.4 Å². The standard InChI is InChI=1S/C28H39N3O6S/c1-20-7-13-23(14-8-20)38(35,36)31(26(32)25-28(2,3)15-16-29-25)24(27(33)34)19-21-9-11-22(12-10-21)37-18-6-17-30(4)5/h7-14,24-25,29H,6,15-19H2,1-5H3,(H,33,34)/t24-,25+/m0/s1. The van der Waals surface area contributed by atoms with E-state index in [1.807, 2.05) is 34.9 Å². The second kappa shape index (κ2) is 12.3. The number of carboxylic acids is 1. The van der Waals surface area contributed by atoms with Crippen LogP contribution in [0.1, 0.15) is 37.8 Å². The van der Waals surface area contributed by atoms with E-state index in [1.165, 1.54) is 12.1 Å². The maximum absolute atomic E-state index is 13.8. The van der Waals surface area contributed by atoms with Crippen molar-refractivity contribution in [3.05, 3.63) is 59.7 Å². The van der Waals surface area contributed by atoms with Crippen molar-refractivity contribution in [3.8, 4) is 5.75 Å². The molecule has 2 aromatic rings. The number of rotatable bonds is 12. The summed E-state index contributed by atoms with van der Waals surface area (Å²) >= 11 is 0. The van der Waals surface area contributed by atoms with Gasteiger partial charge in [-0.15, -0.1) is 0 Å². The van der Waals surface area contributed by atoms with Crippen molar-refractivity contribution in [2.24, 2.45) is 5.41 Å². The molecule has 2 aromatic carbocycles. The number of carboxylic acid groups (broad SMARTS) is 1. The van der Waals surface area contributed by atoms with E-state index in [4.69, 9.17) is 4.74 Å². The van der Waals surface area contributed by atoms with Crippen LogP contribution in [0.25, 0.3) is 0 Å². The SMILES string of the molecule is Cc1ccc(S(=O)(=O)N(C(=O)[C@H]2NCCC2(C)C)[C@@H](Cc2ccc(OCCCN(C)C)cc2)C(=O)O)cc1. The molecule has 9 nitrogen and oxygen atoms in total. The summed E-state index contributed by atoms with van der Waals surface area (Å²) in [6.45, 7) is 7.54. The third-order valence-corrected chi connectivity index (χ3v) is 8.70. The first-order valence-electron chi connectivity index (χ1n) is 12.8. The quantitative estimate of drug-likeness (QED) is 0.391. The Bertz CT molecular complexity index is 1210. The third kappa shape index (κ3) is 7.12. The molecule has 0 bridgehead atoms. The first-order chi connectivity index (χ1) is 17.8. The molecule has 1 saturated heterocycles. The molecule has 1 amide bonds. The van der Waals surface area contributed by atoms with Crippen LogP contribution in [-0.4, -0.2) is 80.5 Å². The maximum atomic E-state index is 13.8. The molecule has 0 aliphatic carbocycles. The lowest BCUT2D eigenvalue weighted by Crippen LogP contribution is -2.57. The zero-order valence-electron chi connectivity index (χ0n) is 22.8. The highest BCUT2D eigenvalue weighted by Crippen LogP contribution is 2.33. The number of aliphatic carboxylic acids is 1. The van der Waals surface area contributed by atoms with Gasteiger partial charge in [-0.05, 0) is 75.6 Å². The minimum absolute atomic E-state index is 0.125. The van der Waals surface area contributed by atoms with E-state index in [0.717, 1.165) is 18.5 Å². The van der Waals surface area contributed by atoms with Crippen LogP contribution in [0.4, 0.5) is 0 Å². The summed E-state index contributed by atoms with van der Waals surface area (Å²) in [6, 6.07) is 10.5. The molecule has 38 heavy (non-hydrogen) atoms. The molecule has 10 heteroatoms. The van der Waals surface area contributed by atoms with Gasteiger partial charge in [-0.2, -0.15) is 0 Å². The van der Waals surface area contributed by atoms with Crippen molar-refractivity contribution >= 4 is 21.9 Å². The lowest BCUT2D eigenvalue weighted by molar-refractivity contribution is -0.147. The van der Waals surface area contributed by atoms with Crippen molar-refractivity contribution in [1.82, 2.24) is 14.5 Å². The molecule has 208 valence electrons. The fourth-order valence-corrected chi connectivity index (χ4v) is 6.11. The molecule has 0 spiro atoms. The number of carbonyl (C=O) groups excluding carboxylic acids is 1. The fourth-order valence-electron chi connectivity index (χ4n) is 4.56. The number of ether oxygens (including phenoxy) is 1. The van der Waals surface area contributed by atoms with Crippen LogP contribution in [-0.2, 0) is 26.0 Å². The minimum atomic E-state index is -4.46. The van der Waals surface area contributed by atoms with E-state index in [1.54, 1.807) is 36.4 Å². The average Bonchev–Trinajstić information content (AvgIpc) is 3.21. The van der Waals surface area contributed by atoms with E-state index >= 15 is 0 Å². The number of hydrogen-bond acceptors (Lipinski definition) is 7. The summed E-state index contributed by atoms with van der Waals surface area (Å²) in [5.74, 6) is -1.52. The van der Waals surface area contributed by atoms with Gasteiger partial charge < -0.3 is 20.1 Å². The number of nitrogens with zero attached hydrogens (tertiary/aromatic N) is 2. The van der Waals surface area contributed by atoms with Gasteiger partial charge in [0, 0.05) is 13.0 Å². The second-order valence-electron chi connectivity index (χ2n) is 10.8. The second-order valence-corrected chi connectivity index (χ2v) is 12.6. The summed E-state index contributed by atoms with van der Waals surface area (Å²) in [6.07, 6.45) is 1.34. The van der Waals surface area contributed by atoms with E-state index < -0.39 is 39.4 Å². The number of aryl methyl sites for hydroxylation is 1. The number of carbonyl (C=O) groups is 2. The Hall–Kier alpha value is -2.95. The molecule has 0 saturated carbocycles. The summed E-state index contributed by atoms with van der Waals surface area (Å²) in [5.41, 5.74) is 0.889. The number of hydrogen-bond donors (Lipinski definition) is 2. The predicted molar refractivity (Wildman–Crippen MR) is 146 cm³/mol. The van der Waals surface area contributed by atoms with Gasteiger partial charge in [0.15, 0.2) is 0 Å². The van der Waals surface area contributed by atoms with E-state index in [2.05, 4.69) is 10.2 Å². The molecular weight excluding hydrogens is 506 g/mol. The summed E-state index contributed by atoms with van der Waals surface area (Å²) in [5, 5.41) is 13.3. The van der Waals surface area contributed by atoms with Crippen LogP contribution >= 0.6 is 0 Å². The zero-order chi connectivity index (χ0) is 28.1. The highest BCUT2D eigenvalue weighted by molar-refractivity contribution is 7.89. The molecule has 0 radical (unpaired) electrons. The third-order valence-electron chi connectivity index (χ3n) is 6.88. The van der Waals surface area contributed by atoms with Gasteiger partial charge in [0.2, 0.25) is 0 Å². The van der Waals surface area contributed by atoms with Crippen LogP contribution < -0.4 is 10.1 Å². The Morgan fingerprint density at radius 2 is 1.74 bits per heavy atom. The molecule has 1 aliphatic heterocycles. The maximum Gasteiger partial charge on any atom is 0.328 e.